The second-order valence-corrected chi connectivity index (χ2v) is 4.11. The average Bonchev–Trinajstić information content (AvgIpc) is 2.36. The van der Waals surface area contributed by atoms with Crippen LogP contribution in [-0.2, 0) is 9.53 Å². The lowest BCUT2D eigenvalue weighted by atomic mass is 10.1. The molecule has 0 aliphatic rings. The largest absolute Gasteiger partial charge is 0.497 e. The summed E-state index contributed by atoms with van der Waals surface area (Å²) >= 11 is 6.20. The number of carbonyl (C=O) groups excluding carboxylic acids is 1. The van der Waals surface area contributed by atoms with Crippen LogP contribution in [0.1, 0.15) is 30.7 Å². The first-order valence-electron chi connectivity index (χ1n) is 5.61. The van der Waals surface area contributed by atoms with Crippen LogP contribution in [0.25, 0.3) is 0 Å². The summed E-state index contributed by atoms with van der Waals surface area (Å²) in [6, 6.07) is 7.52. The van der Waals surface area contributed by atoms with Crippen molar-refractivity contribution in [1.29, 1.82) is 0 Å². The van der Waals surface area contributed by atoms with E-state index in [9.17, 15) is 4.79 Å². The number of carbonyl (C=O) groups is 1. The molecule has 0 saturated heterocycles. The van der Waals surface area contributed by atoms with Gasteiger partial charge in [-0.1, -0.05) is 12.1 Å². The summed E-state index contributed by atoms with van der Waals surface area (Å²) in [6.45, 7) is 2.20. The van der Waals surface area contributed by atoms with Gasteiger partial charge >= 0.3 is 5.97 Å². The SMILES string of the molecule is CCOC(=O)CCC(Cl)c1ccc(OC)cc1. The van der Waals surface area contributed by atoms with Crippen LogP contribution >= 0.6 is 11.6 Å². The Labute approximate surface area is 107 Å². The second kappa shape index (κ2) is 7.17. The molecule has 0 amide bonds. The fraction of sp³-hybridized carbons (Fsp3) is 0.462. The summed E-state index contributed by atoms with van der Waals surface area (Å²) in [5, 5.41) is -0.176. The third-order valence-electron chi connectivity index (χ3n) is 2.38. The number of methoxy groups -OCH3 is 1. The molecule has 0 radical (unpaired) electrons. The highest BCUT2D eigenvalue weighted by atomic mass is 35.5. The molecule has 94 valence electrons. The zero-order valence-electron chi connectivity index (χ0n) is 10.1. The lowest BCUT2D eigenvalue weighted by Gasteiger charge is -2.10. The molecule has 0 aliphatic carbocycles. The normalized spacial score (nSPS) is 11.9. The van der Waals surface area contributed by atoms with Gasteiger partial charge in [0, 0.05) is 6.42 Å². The first-order chi connectivity index (χ1) is 8.17. The fourth-order valence-corrected chi connectivity index (χ4v) is 1.71. The molecule has 0 N–H and O–H groups in total. The monoisotopic (exact) mass is 256 g/mol. The number of ether oxygens (including phenoxy) is 2. The lowest BCUT2D eigenvalue weighted by molar-refractivity contribution is -0.143. The van der Waals surface area contributed by atoms with Crippen molar-refractivity contribution in [2.75, 3.05) is 13.7 Å². The molecule has 0 saturated carbocycles. The van der Waals surface area contributed by atoms with E-state index in [0.29, 0.717) is 19.4 Å². The predicted molar refractivity (Wildman–Crippen MR) is 67.5 cm³/mol. The van der Waals surface area contributed by atoms with Gasteiger partial charge in [-0.3, -0.25) is 4.79 Å². The van der Waals surface area contributed by atoms with Crippen molar-refractivity contribution in [1.82, 2.24) is 0 Å². The van der Waals surface area contributed by atoms with E-state index in [1.165, 1.54) is 0 Å². The maximum atomic E-state index is 11.2. The molecule has 0 aliphatic heterocycles. The van der Waals surface area contributed by atoms with E-state index in [2.05, 4.69) is 0 Å². The molecule has 1 atom stereocenters. The third-order valence-corrected chi connectivity index (χ3v) is 2.85. The fourth-order valence-electron chi connectivity index (χ4n) is 1.46. The highest BCUT2D eigenvalue weighted by molar-refractivity contribution is 6.20. The van der Waals surface area contributed by atoms with Crippen molar-refractivity contribution >= 4 is 17.6 Å². The summed E-state index contributed by atoms with van der Waals surface area (Å²) in [7, 11) is 1.62. The summed E-state index contributed by atoms with van der Waals surface area (Å²) in [4.78, 5) is 11.2. The number of hydrogen-bond donors (Lipinski definition) is 0. The van der Waals surface area contributed by atoms with Gasteiger partial charge in [0.2, 0.25) is 0 Å². The van der Waals surface area contributed by atoms with Crippen LogP contribution < -0.4 is 4.74 Å². The molecule has 0 heterocycles. The minimum absolute atomic E-state index is 0.176. The average molecular weight is 257 g/mol. The van der Waals surface area contributed by atoms with Crippen LogP contribution in [0, 0.1) is 0 Å². The number of rotatable bonds is 6. The van der Waals surface area contributed by atoms with Crippen LogP contribution in [0.5, 0.6) is 5.75 Å². The topological polar surface area (TPSA) is 35.5 Å². The summed E-state index contributed by atoms with van der Waals surface area (Å²) in [5.41, 5.74) is 0.983. The molecule has 0 bridgehead atoms. The van der Waals surface area contributed by atoms with Crippen LogP contribution in [-0.4, -0.2) is 19.7 Å². The highest BCUT2D eigenvalue weighted by Crippen LogP contribution is 2.27. The molecule has 4 heteroatoms. The van der Waals surface area contributed by atoms with Gasteiger partial charge in [0.25, 0.3) is 0 Å². The Morgan fingerprint density at radius 1 is 1.35 bits per heavy atom. The smallest absolute Gasteiger partial charge is 0.305 e. The van der Waals surface area contributed by atoms with Gasteiger partial charge in [-0.25, -0.2) is 0 Å². The quantitative estimate of drug-likeness (QED) is 0.579. The Hall–Kier alpha value is -1.22. The van der Waals surface area contributed by atoms with Crippen LogP contribution in [0.2, 0.25) is 0 Å². The lowest BCUT2D eigenvalue weighted by Crippen LogP contribution is -2.05. The van der Waals surface area contributed by atoms with E-state index in [-0.39, 0.29) is 11.3 Å². The number of esters is 1. The van der Waals surface area contributed by atoms with Gasteiger partial charge in [0.05, 0.1) is 19.1 Å². The highest BCUT2D eigenvalue weighted by Gasteiger charge is 2.11. The van der Waals surface area contributed by atoms with E-state index < -0.39 is 0 Å². The Morgan fingerprint density at radius 3 is 2.53 bits per heavy atom. The van der Waals surface area contributed by atoms with Crippen molar-refractivity contribution in [3.05, 3.63) is 29.8 Å². The minimum atomic E-state index is -0.202. The number of benzene rings is 1. The van der Waals surface area contributed by atoms with E-state index >= 15 is 0 Å². The maximum absolute atomic E-state index is 11.2. The van der Waals surface area contributed by atoms with Gasteiger partial charge in [-0.15, -0.1) is 11.6 Å². The zero-order chi connectivity index (χ0) is 12.7. The standard InChI is InChI=1S/C13H17ClO3/c1-3-17-13(15)9-8-12(14)10-4-6-11(16-2)7-5-10/h4-7,12H,3,8-9H2,1-2H3. The molecular formula is C13H17ClO3. The summed E-state index contributed by atoms with van der Waals surface area (Å²) in [6.07, 6.45) is 0.917. The molecule has 1 aromatic rings. The molecule has 1 aromatic carbocycles. The number of halogens is 1. The van der Waals surface area contributed by atoms with Crippen molar-refractivity contribution < 1.29 is 14.3 Å². The van der Waals surface area contributed by atoms with Crippen molar-refractivity contribution in [3.8, 4) is 5.75 Å². The Balaban J connectivity index is 2.46. The van der Waals surface area contributed by atoms with Gasteiger partial charge < -0.3 is 9.47 Å². The van der Waals surface area contributed by atoms with E-state index in [4.69, 9.17) is 21.1 Å². The molecule has 3 nitrogen and oxygen atoms in total. The molecule has 1 rings (SSSR count). The molecule has 17 heavy (non-hydrogen) atoms. The van der Waals surface area contributed by atoms with Crippen molar-refractivity contribution in [3.63, 3.8) is 0 Å². The molecule has 0 spiro atoms. The molecule has 1 unspecified atom stereocenters. The minimum Gasteiger partial charge on any atom is -0.497 e. The van der Waals surface area contributed by atoms with E-state index in [1.54, 1.807) is 14.0 Å². The predicted octanol–water partition coefficient (Wildman–Crippen LogP) is 3.32. The van der Waals surface area contributed by atoms with Gasteiger partial charge in [-0.05, 0) is 31.0 Å². The van der Waals surface area contributed by atoms with Crippen LogP contribution in [0.3, 0.4) is 0 Å². The second-order valence-electron chi connectivity index (χ2n) is 3.58. The summed E-state index contributed by atoms with van der Waals surface area (Å²) in [5.74, 6) is 0.592. The first kappa shape index (κ1) is 13.8. The zero-order valence-corrected chi connectivity index (χ0v) is 10.9. The number of alkyl halides is 1. The van der Waals surface area contributed by atoms with E-state index in [0.717, 1.165) is 11.3 Å². The van der Waals surface area contributed by atoms with E-state index in [1.807, 2.05) is 24.3 Å². The third kappa shape index (κ3) is 4.65. The Kier molecular flexibility index (Phi) is 5.84. The molecular weight excluding hydrogens is 240 g/mol. The Bertz CT molecular complexity index is 348. The van der Waals surface area contributed by atoms with Crippen LogP contribution in [0.15, 0.2) is 24.3 Å². The van der Waals surface area contributed by atoms with Crippen molar-refractivity contribution in [2.24, 2.45) is 0 Å². The molecule has 0 aromatic heterocycles. The van der Waals surface area contributed by atoms with Gasteiger partial charge in [0.1, 0.15) is 5.75 Å². The Morgan fingerprint density at radius 2 is 2.00 bits per heavy atom. The summed E-state index contributed by atoms with van der Waals surface area (Å²) < 4.78 is 9.91. The van der Waals surface area contributed by atoms with Crippen LogP contribution in [0.4, 0.5) is 0 Å². The number of hydrogen-bond acceptors (Lipinski definition) is 3. The first-order valence-corrected chi connectivity index (χ1v) is 6.04. The maximum Gasteiger partial charge on any atom is 0.305 e. The van der Waals surface area contributed by atoms with Gasteiger partial charge in [-0.2, -0.15) is 0 Å². The van der Waals surface area contributed by atoms with Gasteiger partial charge in [0.15, 0.2) is 0 Å². The molecule has 0 fully saturated rings. The van der Waals surface area contributed by atoms with Crippen molar-refractivity contribution in [2.45, 2.75) is 25.1 Å².